The van der Waals surface area contributed by atoms with E-state index >= 15 is 0 Å². The minimum Gasteiger partial charge on any atom is -0.369 e. The first-order chi connectivity index (χ1) is 3.47. The Hall–Kier alpha value is 1.54. The Bertz CT molecular complexity index is 102. The summed E-state index contributed by atoms with van der Waals surface area (Å²) in [6, 6.07) is 0. The molecule has 0 bridgehead atoms. The van der Waals surface area contributed by atoms with Crippen LogP contribution < -0.4 is 6.15 Å². The van der Waals surface area contributed by atoms with Crippen molar-refractivity contribution in [1.29, 1.82) is 0 Å². The van der Waals surface area contributed by atoms with E-state index in [0.717, 1.165) is 0 Å². The molecule has 0 unspecified atom stereocenters. The van der Waals surface area contributed by atoms with Crippen molar-refractivity contribution in [2.24, 2.45) is 0 Å². The zero-order valence-electron chi connectivity index (χ0n) is 4.77. The minimum absolute atomic E-state index is 0. The van der Waals surface area contributed by atoms with Crippen LogP contribution in [0.25, 0.3) is 0 Å². The molecule has 0 atom stereocenters. The van der Waals surface area contributed by atoms with Gasteiger partial charge in [-0.15, -0.1) is 0 Å². The summed E-state index contributed by atoms with van der Waals surface area (Å²) >= 11 is -4.20. The second kappa shape index (κ2) is 2.88. The van der Waals surface area contributed by atoms with E-state index in [2.05, 4.69) is 0 Å². The van der Waals surface area contributed by atoms with Gasteiger partial charge in [-0.1, -0.05) is 0 Å². The summed E-state index contributed by atoms with van der Waals surface area (Å²) in [4.78, 5) is 0. The molecule has 0 aromatic carbocycles. The van der Waals surface area contributed by atoms with Crippen molar-refractivity contribution < 1.29 is 6.20 Å². The second-order valence-corrected chi connectivity index (χ2v) is 20.6. The zero-order valence-corrected chi connectivity index (χ0v) is 9.37. The Balaban J connectivity index is 0.000000640. The fraction of sp³-hybridized carbons (Fsp3) is 1.00. The molecule has 1 fully saturated rings. The summed E-state index contributed by atoms with van der Waals surface area (Å²) in [5, 5.41) is 0. The van der Waals surface area contributed by atoms with Gasteiger partial charge in [0.2, 0.25) is 0 Å². The van der Waals surface area contributed by atoms with Crippen LogP contribution in [0.5, 0.6) is 0 Å². The van der Waals surface area contributed by atoms with E-state index in [1.165, 1.54) is 0 Å². The maximum Gasteiger partial charge on any atom is -0.369 e. The average Bonchev–Trinajstić information content (AvgIpc) is 1.81. The van der Waals surface area contributed by atoms with Crippen LogP contribution >= 0.6 is 26.9 Å². The summed E-state index contributed by atoms with van der Waals surface area (Å²) in [6.45, 7) is 0.823. The van der Waals surface area contributed by atoms with Crippen LogP contribution in [-0.2, 0) is 6.20 Å². The molecule has 1 rings (SSSR count). The molecule has 3 nitrogen and oxygen atoms in total. The van der Waals surface area contributed by atoms with Crippen LogP contribution in [-0.4, -0.2) is 27.5 Å². The van der Waals surface area contributed by atoms with Gasteiger partial charge in [-0.25, -0.2) is 0 Å². The monoisotopic (exact) mass is 313 g/mol. The minimum atomic E-state index is -4.20. The standard InChI is InChI=1S/C2H4Cl3O2Te.H3N/c3-8(4,5)6-1-2-7-8;/h1-2H2;1H3/p+1. The maximum absolute atomic E-state index is 5.50. The summed E-state index contributed by atoms with van der Waals surface area (Å²) in [6.07, 6.45) is 0. The van der Waals surface area contributed by atoms with Gasteiger partial charge in [0.05, 0.1) is 0 Å². The second-order valence-electron chi connectivity index (χ2n) is 1.26. The third kappa shape index (κ3) is 3.45. The van der Waals surface area contributed by atoms with Crippen molar-refractivity contribution in [3.63, 3.8) is 0 Å². The van der Waals surface area contributed by atoms with E-state index in [1.807, 2.05) is 0 Å². The number of hydrogen-bond donors (Lipinski definition) is 1. The molecule has 59 valence electrons. The molecule has 9 heavy (non-hydrogen) atoms. The molecule has 1 radical (unpaired) electrons. The van der Waals surface area contributed by atoms with Crippen molar-refractivity contribution >= 4 is 41.2 Å². The largest absolute Gasteiger partial charge is 0.369 e. The maximum atomic E-state index is 5.50. The number of quaternary nitrogens is 1. The van der Waals surface area contributed by atoms with Gasteiger partial charge in [-0.05, 0) is 0 Å². The third-order valence-corrected chi connectivity index (χ3v) is 7.23. The molecule has 0 aromatic rings. The van der Waals surface area contributed by atoms with Gasteiger partial charge < -0.3 is 6.15 Å². The Labute approximate surface area is 66.4 Å². The Kier molecular flexibility index (Phi) is 3.37. The van der Waals surface area contributed by atoms with Crippen LogP contribution in [0.2, 0.25) is 0 Å². The number of hydrogen-bond acceptors (Lipinski definition) is 2. The molecule has 4 N–H and O–H groups in total. The van der Waals surface area contributed by atoms with Gasteiger partial charge in [0.25, 0.3) is 0 Å². The normalized spacial score (nSPS) is 33.9. The van der Waals surface area contributed by atoms with Crippen LogP contribution in [0.3, 0.4) is 0 Å². The summed E-state index contributed by atoms with van der Waals surface area (Å²) in [5.74, 6) is 0. The third-order valence-electron chi connectivity index (χ3n) is 0.613. The van der Waals surface area contributed by atoms with Crippen molar-refractivity contribution in [2.75, 3.05) is 13.2 Å². The first-order valence-electron chi connectivity index (χ1n) is 1.87. The molecule has 0 aliphatic carbocycles. The molecule has 1 saturated heterocycles. The fourth-order valence-electron chi connectivity index (χ4n) is 0.359. The molecule has 1 aliphatic heterocycles. The van der Waals surface area contributed by atoms with Gasteiger partial charge in [0.15, 0.2) is 0 Å². The molecule has 0 amide bonds. The Morgan fingerprint density at radius 1 is 1.00 bits per heavy atom. The molecular weight excluding hydrogens is 304 g/mol. The van der Waals surface area contributed by atoms with Crippen molar-refractivity contribution in [3.8, 4) is 0 Å². The summed E-state index contributed by atoms with van der Waals surface area (Å²) in [7, 11) is 16.5. The van der Waals surface area contributed by atoms with Crippen molar-refractivity contribution in [2.45, 2.75) is 0 Å². The fourth-order valence-corrected chi connectivity index (χ4v) is 4.94. The SMILES string of the molecule is Cl[Te]1(Cl)(Cl)OCCO1.[NH4+]. The molecule has 0 saturated carbocycles. The Morgan fingerprint density at radius 3 is 1.44 bits per heavy atom. The van der Waals surface area contributed by atoms with Crippen LogP contribution in [0.15, 0.2) is 0 Å². The van der Waals surface area contributed by atoms with E-state index < -0.39 is 14.3 Å². The van der Waals surface area contributed by atoms with E-state index in [1.54, 1.807) is 0 Å². The van der Waals surface area contributed by atoms with Crippen LogP contribution in [0, 0.1) is 0 Å². The van der Waals surface area contributed by atoms with E-state index in [4.69, 9.17) is 33.1 Å². The quantitative estimate of drug-likeness (QED) is 0.696. The summed E-state index contributed by atoms with van der Waals surface area (Å²) in [5.41, 5.74) is 0. The summed E-state index contributed by atoms with van der Waals surface area (Å²) < 4.78 is 9.59. The van der Waals surface area contributed by atoms with Gasteiger partial charge in [0, 0.05) is 0 Å². The Morgan fingerprint density at radius 2 is 1.33 bits per heavy atom. The van der Waals surface area contributed by atoms with Gasteiger partial charge in [-0.2, -0.15) is 0 Å². The van der Waals surface area contributed by atoms with E-state index in [-0.39, 0.29) is 6.15 Å². The molecule has 7 heteroatoms. The molecule has 1 heterocycles. The van der Waals surface area contributed by atoms with E-state index in [9.17, 15) is 0 Å². The molecule has 1 aliphatic rings. The number of rotatable bonds is 0. The molecule has 0 spiro atoms. The van der Waals surface area contributed by atoms with E-state index in [0.29, 0.717) is 13.2 Å². The van der Waals surface area contributed by atoms with Gasteiger partial charge in [0.1, 0.15) is 0 Å². The van der Waals surface area contributed by atoms with Gasteiger partial charge in [-0.3, -0.25) is 0 Å². The van der Waals surface area contributed by atoms with Crippen molar-refractivity contribution in [1.82, 2.24) is 6.15 Å². The topological polar surface area (TPSA) is 55.0 Å². The van der Waals surface area contributed by atoms with Gasteiger partial charge >= 0.3 is 60.6 Å². The smallest absolute Gasteiger partial charge is 0.369 e. The molecular formula is C2H8Cl3NO2Te+. The van der Waals surface area contributed by atoms with Crippen molar-refractivity contribution in [3.05, 3.63) is 0 Å². The average molecular weight is 312 g/mol. The number of halogens is 3. The van der Waals surface area contributed by atoms with Crippen LogP contribution in [0.1, 0.15) is 0 Å². The molecule has 0 aromatic heterocycles. The first kappa shape index (κ1) is 10.5. The predicted molar refractivity (Wildman–Crippen MR) is 41.2 cm³/mol. The first-order valence-corrected chi connectivity index (χ1v) is 12.6. The predicted octanol–water partition coefficient (Wildman–Crippen LogP) is 2.01. The van der Waals surface area contributed by atoms with Crippen LogP contribution in [0.4, 0.5) is 0 Å². The zero-order chi connectivity index (χ0) is 6.28.